The Morgan fingerprint density at radius 2 is 2.00 bits per heavy atom. The minimum absolute atomic E-state index is 0. The van der Waals surface area contributed by atoms with Gasteiger partial charge in [0, 0.05) is 56.3 Å². The van der Waals surface area contributed by atoms with Crippen LogP contribution in [0.3, 0.4) is 0 Å². The molecule has 0 spiro atoms. The second kappa shape index (κ2) is 7.37. The molecule has 0 saturated carbocycles. The first-order valence-corrected chi connectivity index (χ1v) is 7.05. The number of nitrogens with zero attached hydrogens (tertiary/aromatic N) is 1. The Bertz CT molecular complexity index is 598. The summed E-state index contributed by atoms with van der Waals surface area (Å²) in [4.78, 5) is 0. The number of rotatable bonds is 3. The third kappa shape index (κ3) is 4.05. The Balaban J connectivity index is 0.00000161. The average molecular weight is 358 g/mol. The smallest absolute Gasteiger partial charge is 0.188 e. The zero-order chi connectivity index (χ0) is 13.9. The largest absolute Gasteiger partial charge is 0.543 e. The van der Waals surface area contributed by atoms with E-state index in [0.717, 1.165) is 30.0 Å². The fourth-order valence-electron chi connectivity index (χ4n) is 2.31. The van der Waals surface area contributed by atoms with Gasteiger partial charge >= 0.3 is 0 Å². The summed E-state index contributed by atoms with van der Waals surface area (Å²) in [6.45, 7) is 5.52. The van der Waals surface area contributed by atoms with Crippen molar-refractivity contribution in [1.82, 2.24) is 0 Å². The monoisotopic (exact) mass is 358 g/mol. The van der Waals surface area contributed by atoms with Gasteiger partial charge in [0.2, 0.25) is 0 Å². The summed E-state index contributed by atoms with van der Waals surface area (Å²) < 4.78 is 13.8. The van der Waals surface area contributed by atoms with Crippen LogP contribution in [0.15, 0.2) is 36.7 Å². The zero-order valence-corrected chi connectivity index (χ0v) is 15.3. The summed E-state index contributed by atoms with van der Waals surface area (Å²) in [5.74, 6) is 1.52. The summed E-state index contributed by atoms with van der Waals surface area (Å²) in [6, 6.07) is 11.4. The van der Waals surface area contributed by atoms with Gasteiger partial charge in [0.25, 0.3) is 0 Å². The van der Waals surface area contributed by atoms with Crippen LogP contribution in [0.25, 0.3) is 0 Å². The number of aryl methyl sites for hydroxylation is 2. The van der Waals surface area contributed by atoms with Crippen molar-refractivity contribution in [3.05, 3.63) is 53.9 Å². The minimum atomic E-state index is 0. The topological polar surface area (TPSA) is 22.3 Å². The third-order valence-electron chi connectivity index (χ3n) is 3.51. The number of fused-ring (bicyclic) bond motifs is 1. The van der Waals surface area contributed by atoms with Crippen LogP contribution in [-0.4, -0.2) is 12.7 Å². The Hall–Kier alpha value is -0.926. The SMILES string of the molecule is CCc1cc[n+](CC2COc3ccc(C)[c-]c3O2)cc1.[Y]. The van der Waals surface area contributed by atoms with Gasteiger partial charge < -0.3 is 9.47 Å². The van der Waals surface area contributed by atoms with Crippen LogP contribution >= 0.6 is 0 Å². The van der Waals surface area contributed by atoms with E-state index in [9.17, 15) is 0 Å². The van der Waals surface area contributed by atoms with E-state index in [1.807, 2.05) is 19.1 Å². The Kier molecular flexibility index (Phi) is 5.77. The molecule has 0 N–H and O–H groups in total. The van der Waals surface area contributed by atoms with Crippen molar-refractivity contribution in [3.63, 3.8) is 0 Å². The van der Waals surface area contributed by atoms with Gasteiger partial charge in [-0.25, -0.2) is 4.57 Å². The van der Waals surface area contributed by atoms with Crippen LogP contribution in [0.1, 0.15) is 18.1 Å². The maximum Gasteiger partial charge on any atom is 0.188 e. The maximum absolute atomic E-state index is 5.97. The second-order valence-corrected chi connectivity index (χ2v) is 5.14. The standard InChI is InChI=1S/C17H19NO2.Y/c1-3-14-6-8-18(9-7-14)11-15-12-19-16-5-4-13(2)10-17(16)20-15;/h4-9,15H,3,11-12H2,1-2H3;. The summed E-state index contributed by atoms with van der Waals surface area (Å²) in [6.07, 6.45) is 5.28. The van der Waals surface area contributed by atoms with Crippen LogP contribution in [0.2, 0.25) is 0 Å². The van der Waals surface area contributed by atoms with Crippen LogP contribution in [-0.2, 0) is 45.7 Å². The van der Waals surface area contributed by atoms with Crippen molar-refractivity contribution in [3.8, 4) is 11.5 Å². The molecular formula is C17H19NO2Y. The van der Waals surface area contributed by atoms with Crippen molar-refractivity contribution in [2.24, 2.45) is 0 Å². The first-order chi connectivity index (χ1) is 9.74. The van der Waals surface area contributed by atoms with E-state index >= 15 is 0 Å². The van der Waals surface area contributed by atoms with Crippen molar-refractivity contribution in [2.75, 3.05) is 6.61 Å². The fourth-order valence-corrected chi connectivity index (χ4v) is 2.31. The van der Waals surface area contributed by atoms with E-state index in [4.69, 9.17) is 9.47 Å². The van der Waals surface area contributed by atoms with E-state index in [-0.39, 0.29) is 38.8 Å². The van der Waals surface area contributed by atoms with Crippen molar-refractivity contribution in [1.29, 1.82) is 0 Å². The molecule has 1 aromatic heterocycles. The molecule has 3 rings (SSSR count). The molecule has 1 aromatic carbocycles. The molecule has 2 heterocycles. The Morgan fingerprint density at radius 1 is 1.24 bits per heavy atom. The van der Waals surface area contributed by atoms with E-state index in [2.05, 4.69) is 42.1 Å². The summed E-state index contributed by atoms with van der Waals surface area (Å²) in [7, 11) is 0. The molecular weight excluding hydrogens is 339 g/mol. The molecule has 0 aliphatic carbocycles. The van der Waals surface area contributed by atoms with Crippen molar-refractivity contribution >= 4 is 0 Å². The number of ether oxygens (including phenoxy) is 2. The molecule has 1 atom stereocenters. The number of pyridine rings is 1. The number of hydrogen-bond donors (Lipinski definition) is 0. The van der Waals surface area contributed by atoms with Gasteiger partial charge in [-0.3, -0.25) is 0 Å². The Morgan fingerprint density at radius 3 is 2.71 bits per heavy atom. The van der Waals surface area contributed by atoms with Crippen molar-refractivity contribution < 1.29 is 46.7 Å². The van der Waals surface area contributed by atoms with E-state index in [1.165, 1.54) is 5.56 Å². The van der Waals surface area contributed by atoms with Gasteiger partial charge in [0.05, 0.1) is 0 Å². The molecule has 1 aliphatic rings. The molecule has 21 heavy (non-hydrogen) atoms. The Labute approximate surface area is 151 Å². The van der Waals surface area contributed by atoms with Gasteiger partial charge in [-0.1, -0.05) is 13.8 Å². The number of benzene rings is 1. The average Bonchev–Trinajstić information content (AvgIpc) is 2.47. The predicted octanol–water partition coefficient (Wildman–Crippen LogP) is 2.48. The molecule has 0 amide bonds. The molecule has 107 valence electrons. The molecule has 1 radical (unpaired) electrons. The van der Waals surface area contributed by atoms with E-state index in [0.29, 0.717) is 6.61 Å². The van der Waals surface area contributed by atoms with Crippen LogP contribution in [0.4, 0.5) is 0 Å². The van der Waals surface area contributed by atoms with Crippen LogP contribution < -0.4 is 14.0 Å². The minimum Gasteiger partial charge on any atom is -0.543 e. The van der Waals surface area contributed by atoms with E-state index in [1.54, 1.807) is 0 Å². The summed E-state index contributed by atoms with van der Waals surface area (Å²) in [5, 5.41) is 0. The van der Waals surface area contributed by atoms with Gasteiger partial charge in [0.15, 0.2) is 25.0 Å². The first kappa shape index (κ1) is 16.4. The van der Waals surface area contributed by atoms with Crippen molar-refractivity contribution in [2.45, 2.75) is 32.9 Å². The van der Waals surface area contributed by atoms with Gasteiger partial charge in [0.1, 0.15) is 6.61 Å². The molecule has 2 aromatic rings. The van der Waals surface area contributed by atoms with Gasteiger partial charge in [-0.2, -0.15) is 11.6 Å². The summed E-state index contributed by atoms with van der Waals surface area (Å²) >= 11 is 0. The molecule has 1 unspecified atom stereocenters. The predicted molar refractivity (Wildman–Crippen MR) is 75.9 cm³/mol. The molecule has 0 fully saturated rings. The second-order valence-electron chi connectivity index (χ2n) is 5.14. The molecule has 0 bridgehead atoms. The molecule has 1 aliphatic heterocycles. The number of aromatic nitrogens is 1. The van der Waals surface area contributed by atoms with Gasteiger partial charge in [-0.15, -0.1) is 12.1 Å². The van der Waals surface area contributed by atoms with Crippen LogP contribution in [0, 0.1) is 13.0 Å². The van der Waals surface area contributed by atoms with Gasteiger partial charge in [-0.05, 0) is 12.0 Å². The quantitative estimate of drug-likeness (QED) is 0.621. The third-order valence-corrected chi connectivity index (χ3v) is 3.51. The number of hydrogen-bond acceptors (Lipinski definition) is 2. The maximum atomic E-state index is 5.97. The normalized spacial score (nSPS) is 16.2. The summed E-state index contributed by atoms with van der Waals surface area (Å²) in [5.41, 5.74) is 2.41. The van der Waals surface area contributed by atoms with Crippen LogP contribution in [0.5, 0.6) is 11.5 Å². The fraction of sp³-hybridized carbons (Fsp3) is 0.353. The molecule has 0 saturated heterocycles. The zero-order valence-electron chi connectivity index (χ0n) is 12.5. The molecule has 3 nitrogen and oxygen atoms in total. The first-order valence-electron chi connectivity index (χ1n) is 7.05. The van der Waals surface area contributed by atoms with E-state index < -0.39 is 0 Å². The molecule has 4 heteroatoms.